The number of hydrogen-bond acceptors (Lipinski definition) is 0. The molecule has 0 unspecified atom stereocenters. The van der Waals surface area contributed by atoms with Gasteiger partial charge in [0.15, 0.2) is 0 Å². The largest absolute Gasteiger partial charge is 0.206 e. The van der Waals surface area contributed by atoms with E-state index >= 15 is 0 Å². The number of benzene rings is 2. The van der Waals surface area contributed by atoms with Crippen molar-refractivity contribution in [3.8, 4) is 0 Å². The zero-order chi connectivity index (χ0) is 11.4. The zero-order valence-corrected chi connectivity index (χ0v) is 10.1. The Hall–Kier alpha value is -1.41. The molecule has 0 nitrogen and oxygen atoms in total. The fourth-order valence-electron chi connectivity index (χ4n) is 1.39. The Morgan fingerprint density at radius 2 is 1.56 bits per heavy atom. The Kier molecular flexibility index (Phi) is 3.52. The van der Waals surface area contributed by atoms with E-state index in [0.717, 1.165) is 10.0 Å². The standard InChI is InChI=1S/C14H10BrF/c15-13-8-6-12(7-9-13)14(16)10-11-4-2-1-3-5-11/h1-10H. The van der Waals surface area contributed by atoms with Crippen LogP contribution in [0.5, 0.6) is 0 Å². The second-order valence-electron chi connectivity index (χ2n) is 3.41. The highest BCUT2D eigenvalue weighted by Gasteiger charge is 1.99. The summed E-state index contributed by atoms with van der Waals surface area (Å²) in [6, 6.07) is 16.6. The lowest BCUT2D eigenvalue weighted by Gasteiger charge is -1.98. The molecular formula is C14H10BrF. The maximum Gasteiger partial charge on any atom is 0.131 e. The van der Waals surface area contributed by atoms with Crippen molar-refractivity contribution in [2.45, 2.75) is 0 Å². The highest BCUT2D eigenvalue weighted by Crippen LogP contribution is 2.21. The van der Waals surface area contributed by atoms with Crippen molar-refractivity contribution in [1.82, 2.24) is 0 Å². The minimum absolute atomic E-state index is 0.223. The lowest BCUT2D eigenvalue weighted by Crippen LogP contribution is -1.78. The Bertz CT molecular complexity index is 486. The van der Waals surface area contributed by atoms with Gasteiger partial charge in [0.05, 0.1) is 0 Å². The molecule has 0 aromatic heterocycles. The van der Waals surface area contributed by atoms with Crippen LogP contribution in [0.4, 0.5) is 4.39 Å². The molecule has 2 heteroatoms. The summed E-state index contributed by atoms with van der Waals surface area (Å²) >= 11 is 3.32. The second-order valence-corrected chi connectivity index (χ2v) is 4.33. The molecule has 80 valence electrons. The van der Waals surface area contributed by atoms with Crippen molar-refractivity contribution in [2.75, 3.05) is 0 Å². The molecule has 0 saturated heterocycles. The second kappa shape index (κ2) is 5.08. The molecule has 0 heterocycles. The van der Waals surface area contributed by atoms with Crippen LogP contribution in [0.1, 0.15) is 11.1 Å². The molecule has 0 amide bonds. The van der Waals surface area contributed by atoms with Crippen LogP contribution in [0.2, 0.25) is 0 Å². The van der Waals surface area contributed by atoms with Crippen LogP contribution < -0.4 is 0 Å². The minimum atomic E-state index is -0.223. The maximum atomic E-state index is 13.8. The number of halogens is 2. The molecular weight excluding hydrogens is 267 g/mol. The van der Waals surface area contributed by atoms with E-state index in [2.05, 4.69) is 15.9 Å². The smallest absolute Gasteiger partial charge is 0.131 e. The fourth-order valence-corrected chi connectivity index (χ4v) is 1.65. The van der Waals surface area contributed by atoms with Crippen molar-refractivity contribution in [1.29, 1.82) is 0 Å². The van der Waals surface area contributed by atoms with Crippen LogP contribution in [0.15, 0.2) is 59.1 Å². The Morgan fingerprint density at radius 3 is 2.19 bits per heavy atom. The van der Waals surface area contributed by atoms with Crippen molar-refractivity contribution in [3.05, 3.63) is 70.2 Å². The molecule has 2 aromatic rings. The highest BCUT2D eigenvalue weighted by molar-refractivity contribution is 9.10. The van der Waals surface area contributed by atoms with Crippen molar-refractivity contribution < 1.29 is 4.39 Å². The van der Waals surface area contributed by atoms with Crippen molar-refractivity contribution in [3.63, 3.8) is 0 Å². The summed E-state index contributed by atoms with van der Waals surface area (Å²) in [6.45, 7) is 0. The van der Waals surface area contributed by atoms with Gasteiger partial charge in [-0.3, -0.25) is 0 Å². The monoisotopic (exact) mass is 276 g/mol. The SMILES string of the molecule is FC(=Cc1ccccc1)c1ccc(Br)cc1. The lowest BCUT2D eigenvalue weighted by molar-refractivity contribution is 0.765. The molecule has 16 heavy (non-hydrogen) atoms. The Morgan fingerprint density at radius 1 is 0.938 bits per heavy atom. The summed E-state index contributed by atoms with van der Waals surface area (Å²) in [4.78, 5) is 0. The third-order valence-electron chi connectivity index (χ3n) is 2.21. The van der Waals surface area contributed by atoms with Crippen LogP contribution in [-0.4, -0.2) is 0 Å². The third-order valence-corrected chi connectivity index (χ3v) is 2.74. The first kappa shape index (κ1) is 11.1. The molecule has 0 radical (unpaired) electrons. The van der Waals surface area contributed by atoms with Gasteiger partial charge in [-0.15, -0.1) is 0 Å². The molecule has 0 aliphatic heterocycles. The zero-order valence-electron chi connectivity index (χ0n) is 8.53. The van der Waals surface area contributed by atoms with Crippen LogP contribution in [0, 0.1) is 0 Å². The van der Waals surface area contributed by atoms with E-state index in [4.69, 9.17) is 0 Å². The van der Waals surface area contributed by atoms with Gasteiger partial charge < -0.3 is 0 Å². The number of rotatable bonds is 2. The molecule has 2 rings (SSSR count). The molecule has 0 aliphatic carbocycles. The molecule has 2 aromatic carbocycles. The molecule has 0 bridgehead atoms. The van der Waals surface area contributed by atoms with Crippen molar-refractivity contribution in [2.24, 2.45) is 0 Å². The van der Waals surface area contributed by atoms with E-state index in [1.807, 2.05) is 42.5 Å². The van der Waals surface area contributed by atoms with Gasteiger partial charge in [-0.1, -0.05) is 58.4 Å². The molecule has 0 N–H and O–H groups in total. The van der Waals surface area contributed by atoms with Crippen LogP contribution in [0.25, 0.3) is 11.9 Å². The summed E-state index contributed by atoms with van der Waals surface area (Å²) in [6.07, 6.45) is 1.53. The van der Waals surface area contributed by atoms with Gasteiger partial charge in [-0.05, 0) is 23.8 Å². The first-order chi connectivity index (χ1) is 7.75. The molecule has 0 atom stereocenters. The topological polar surface area (TPSA) is 0 Å². The van der Waals surface area contributed by atoms with E-state index in [9.17, 15) is 4.39 Å². The van der Waals surface area contributed by atoms with E-state index in [-0.39, 0.29) is 5.83 Å². The van der Waals surface area contributed by atoms with Crippen LogP contribution in [-0.2, 0) is 0 Å². The first-order valence-corrected chi connectivity index (χ1v) is 5.73. The third kappa shape index (κ3) is 2.80. The van der Waals surface area contributed by atoms with E-state index < -0.39 is 0 Å². The molecule has 0 spiro atoms. The molecule has 0 saturated carbocycles. The van der Waals surface area contributed by atoms with Crippen LogP contribution in [0.3, 0.4) is 0 Å². The Balaban J connectivity index is 2.28. The van der Waals surface area contributed by atoms with Gasteiger partial charge in [-0.25, -0.2) is 4.39 Å². The van der Waals surface area contributed by atoms with Gasteiger partial charge in [0.1, 0.15) is 5.83 Å². The summed E-state index contributed by atoms with van der Waals surface area (Å²) in [7, 11) is 0. The van der Waals surface area contributed by atoms with E-state index in [1.165, 1.54) is 6.08 Å². The fraction of sp³-hybridized carbons (Fsp3) is 0. The summed E-state index contributed by atoms with van der Waals surface area (Å²) in [5.41, 5.74) is 1.45. The van der Waals surface area contributed by atoms with Gasteiger partial charge in [0.25, 0.3) is 0 Å². The van der Waals surface area contributed by atoms with Gasteiger partial charge in [0.2, 0.25) is 0 Å². The predicted molar refractivity (Wildman–Crippen MR) is 69.6 cm³/mol. The average molecular weight is 277 g/mol. The lowest BCUT2D eigenvalue weighted by atomic mass is 10.1. The summed E-state index contributed by atoms with van der Waals surface area (Å²) in [5, 5.41) is 0. The first-order valence-electron chi connectivity index (χ1n) is 4.94. The van der Waals surface area contributed by atoms with Gasteiger partial charge in [-0.2, -0.15) is 0 Å². The quantitative estimate of drug-likeness (QED) is 0.684. The van der Waals surface area contributed by atoms with E-state index in [0.29, 0.717) is 5.56 Å². The molecule has 0 fully saturated rings. The normalized spacial score (nSPS) is 11.5. The van der Waals surface area contributed by atoms with Gasteiger partial charge >= 0.3 is 0 Å². The summed E-state index contributed by atoms with van der Waals surface area (Å²) < 4.78 is 14.7. The average Bonchev–Trinajstić information content (AvgIpc) is 2.31. The predicted octanol–water partition coefficient (Wildman–Crippen LogP) is 4.92. The van der Waals surface area contributed by atoms with Crippen LogP contribution >= 0.6 is 15.9 Å². The minimum Gasteiger partial charge on any atom is -0.206 e. The highest BCUT2D eigenvalue weighted by atomic mass is 79.9. The number of hydrogen-bond donors (Lipinski definition) is 0. The maximum absolute atomic E-state index is 13.8. The van der Waals surface area contributed by atoms with E-state index in [1.54, 1.807) is 12.1 Å². The molecule has 0 aliphatic rings. The Labute approximate surface area is 103 Å². The van der Waals surface area contributed by atoms with Crippen molar-refractivity contribution >= 4 is 27.8 Å². The summed E-state index contributed by atoms with van der Waals surface area (Å²) in [5.74, 6) is -0.223. The van der Waals surface area contributed by atoms with Gasteiger partial charge in [0, 0.05) is 10.0 Å².